The molecule has 1 rings (SSSR count). The maximum absolute atomic E-state index is 10.6. The molecule has 0 saturated carbocycles. The van der Waals surface area contributed by atoms with Crippen LogP contribution in [0.1, 0.15) is 19.5 Å². The van der Waals surface area contributed by atoms with E-state index in [-0.39, 0.29) is 12.6 Å². The van der Waals surface area contributed by atoms with Gasteiger partial charge in [-0.3, -0.25) is 9.69 Å². The summed E-state index contributed by atoms with van der Waals surface area (Å²) in [6.07, 6.45) is 0. The van der Waals surface area contributed by atoms with E-state index in [1.807, 2.05) is 13.8 Å². The molecule has 84 valence electrons. The van der Waals surface area contributed by atoms with E-state index in [2.05, 4.69) is 9.59 Å². The Morgan fingerprint density at radius 3 is 2.73 bits per heavy atom. The van der Waals surface area contributed by atoms with Gasteiger partial charge in [-0.1, -0.05) is 16.1 Å². The number of hydrogen-bond acceptors (Lipinski definition) is 5. The Labute approximate surface area is 96.8 Å². The summed E-state index contributed by atoms with van der Waals surface area (Å²) in [5.74, 6) is -0.858. The Morgan fingerprint density at radius 1 is 1.67 bits per heavy atom. The van der Waals surface area contributed by atoms with Gasteiger partial charge in [0.05, 0.1) is 6.54 Å². The standard InChI is InChI=1S/C8H12ClN3O2S/c1-5(2)12(4-7(13)14)3-6-8(9)15-11-10-6/h5H,3-4H2,1-2H3,(H,13,14). The number of rotatable bonds is 5. The van der Waals surface area contributed by atoms with Crippen LogP contribution in [0.2, 0.25) is 4.34 Å². The normalized spacial score (nSPS) is 11.3. The van der Waals surface area contributed by atoms with Crippen molar-refractivity contribution >= 4 is 29.1 Å². The molecule has 0 saturated heterocycles. The van der Waals surface area contributed by atoms with Crippen molar-refractivity contribution in [1.82, 2.24) is 14.5 Å². The predicted octanol–water partition coefficient (Wildman–Crippen LogP) is 1.49. The first-order chi connectivity index (χ1) is 7.00. The van der Waals surface area contributed by atoms with E-state index in [0.717, 1.165) is 11.5 Å². The molecule has 0 aliphatic carbocycles. The Hall–Kier alpha value is -0.720. The number of hydrogen-bond donors (Lipinski definition) is 1. The van der Waals surface area contributed by atoms with Gasteiger partial charge >= 0.3 is 5.97 Å². The van der Waals surface area contributed by atoms with E-state index in [1.54, 1.807) is 4.90 Å². The highest BCUT2D eigenvalue weighted by Crippen LogP contribution is 2.19. The molecule has 1 heterocycles. The number of nitrogens with zero attached hydrogens (tertiary/aromatic N) is 3. The van der Waals surface area contributed by atoms with Gasteiger partial charge in [0.15, 0.2) is 0 Å². The highest BCUT2D eigenvalue weighted by molar-refractivity contribution is 7.10. The number of carboxylic acids is 1. The Balaban J connectivity index is 2.67. The topological polar surface area (TPSA) is 66.3 Å². The van der Waals surface area contributed by atoms with Gasteiger partial charge in [0.2, 0.25) is 0 Å². The largest absolute Gasteiger partial charge is 0.480 e. The summed E-state index contributed by atoms with van der Waals surface area (Å²) in [6, 6.07) is 0.124. The second-order valence-corrected chi connectivity index (χ2v) is 4.74. The van der Waals surface area contributed by atoms with Crippen molar-refractivity contribution in [1.29, 1.82) is 0 Å². The summed E-state index contributed by atoms with van der Waals surface area (Å²) < 4.78 is 4.22. The van der Waals surface area contributed by atoms with Crippen LogP contribution in [0.25, 0.3) is 0 Å². The average molecular weight is 250 g/mol. The summed E-state index contributed by atoms with van der Waals surface area (Å²) in [5.41, 5.74) is 0.636. The molecule has 0 aliphatic heterocycles. The molecule has 1 N–H and O–H groups in total. The fourth-order valence-electron chi connectivity index (χ4n) is 1.08. The third-order valence-electron chi connectivity index (χ3n) is 1.93. The smallest absolute Gasteiger partial charge is 0.317 e. The number of carbonyl (C=O) groups is 1. The second kappa shape index (κ2) is 5.39. The van der Waals surface area contributed by atoms with Crippen LogP contribution in [0, 0.1) is 0 Å². The first-order valence-corrected chi connectivity index (χ1v) is 5.58. The highest BCUT2D eigenvalue weighted by Gasteiger charge is 2.17. The molecule has 15 heavy (non-hydrogen) atoms. The molecule has 5 nitrogen and oxygen atoms in total. The Kier molecular flexibility index (Phi) is 4.44. The minimum Gasteiger partial charge on any atom is -0.480 e. The van der Waals surface area contributed by atoms with Crippen LogP contribution in [-0.2, 0) is 11.3 Å². The van der Waals surface area contributed by atoms with Crippen LogP contribution >= 0.6 is 23.1 Å². The van der Waals surface area contributed by atoms with Gasteiger partial charge in [0.1, 0.15) is 10.0 Å². The van der Waals surface area contributed by atoms with Crippen molar-refractivity contribution in [3.8, 4) is 0 Å². The summed E-state index contributed by atoms with van der Waals surface area (Å²) in [5, 5.41) is 12.6. The van der Waals surface area contributed by atoms with Crippen molar-refractivity contribution in [3.05, 3.63) is 10.0 Å². The van der Waals surface area contributed by atoms with Gasteiger partial charge in [0.25, 0.3) is 0 Å². The first kappa shape index (κ1) is 12.4. The zero-order valence-corrected chi connectivity index (χ0v) is 10.0. The molecule has 0 radical (unpaired) electrons. The van der Waals surface area contributed by atoms with Gasteiger partial charge in [-0.05, 0) is 13.8 Å². The summed E-state index contributed by atoms with van der Waals surface area (Å²) in [6.45, 7) is 4.25. The zero-order chi connectivity index (χ0) is 11.4. The first-order valence-electron chi connectivity index (χ1n) is 4.43. The number of halogens is 1. The molecule has 0 spiro atoms. The molecule has 0 aromatic carbocycles. The zero-order valence-electron chi connectivity index (χ0n) is 8.47. The quantitative estimate of drug-likeness (QED) is 0.856. The molecule has 0 aliphatic rings. The van der Waals surface area contributed by atoms with Gasteiger partial charge in [-0.25, -0.2) is 0 Å². The molecule has 0 amide bonds. The van der Waals surface area contributed by atoms with Crippen LogP contribution in [0.15, 0.2) is 0 Å². The fraction of sp³-hybridized carbons (Fsp3) is 0.625. The van der Waals surface area contributed by atoms with Gasteiger partial charge < -0.3 is 5.11 Å². The van der Waals surface area contributed by atoms with E-state index in [1.165, 1.54) is 0 Å². The number of carboxylic acid groups (broad SMARTS) is 1. The molecular formula is C8H12ClN3O2S. The van der Waals surface area contributed by atoms with Crippen molar-refractivity contribution < 1.29 is 9.90 Å². The molecule has 7 heteroatoms. The molecule has 0 atom stereocenters. The number of aromatic nitrogens is 2. The maximum atomic E-state index is 10.6. The summed E-state index contributed by atoms with van der Waals surface area (Å²) in [7, 11) is 0. The van der Waals surface area contributed by atoms with Gasteiger partial charge in [-0.2, -0.15) is 0 Å². The summed E-state index contributed by atoms with van der Waals surface area (Å²) >= 11 is 6.95. The van der Waals surface area contributed by atoms with Gasteiger partial charge in [0, 0.05) is 24.1 Å². The Bertz CT molecular complexity index is 342. The SMILES string of the molecule is CC(C)N(CC(=O)O)Cc1nnsc1Cl. The Morgan fingerprint density at radius 2 is 2.33 bits per heavy atom. The molecule has 0 unspecified atom stereocenters. The van der Waals surface area contributed by atoms with Gasteiger partial charge in [-0.15, -0.1) is 5.10 Å². The van der Waals surface area contributed by atoms with Crippen LogP contribution in [0.4, 0.5) is 0 Å². The average Bonchev–Trinajstić information content (AvgIpc) is 2.50. The molecular weight excluding hydrogens is 238 g/mol. The van der Waals surface area contributed by atoms with Crippen LogP contribution in [-0.4, -0.2) is 38.1 Å². The fourth-order valence-corrected chi connectivity index (χ4v) is 1.69. The third-order valence-corrected chi connectivity index (χ3v) is 2.92. The molecule has 0 bridgehead atoms. The van der Waals surface area contributed by atoms with Crippen molar-refractivity contribution in [3.63, 3.8) is 0 Å². The van der Waals surface area contributed by atoms with Crippen molar-refractivity contribution in [2.75, 3.05) is 6.54 Å². The van der Waals surface area contributed by atoms with E-state index >= 15 is 0 Å². The lowest BCUT2D eigenvalue weighted by atomic mass is 10.3. The third kappa shape index (κ3) is 3.73. The molecule has 1 aromatic heterocycles. The minimum atomic E-state index is -0.858. The predicted molar refractivity (Wildman–Crippen MR) is 58.1 cm³/mol. The lowest BCUT2D eigenvalue weighted by Crippen LogP contribution is -2.35. The minimum absolute atomic E-state index is 0.0223. The van der Waals surface area contributed by atoms with E-state index < -0.39 is 5.97 Å². The van der Waals surface area contributed by atoms with E-state index in [4.69, 9.17) is 16.7 Å². The maximum Gasteiger partial charge on any atom is 0.317 e. The molecule has 1 aromatic rings. The lowest BCUT2D eigenvalue weighted by Gasteiger charge is -2.23. The number of aliphatic carboxylic acids is 1. The van der Waals surface area contributed by atoms with Crippen molar-refractivity contribution in [2.24, 2.45) is 0 Å². The van der Waals surface area contributed by atoms with Crippen LogP contribution in [0.3, 0.4) is 0 Å². The van der Waals surface area contributed by atoms with Crippen LogP contribution in [0.5, 0.6) is 0 Å². The lowest BCUT2D eigenvalue weighted by molar-refractivity contribution is -0.138. The summed E-state index contributed by atoms with van der Waals surface area (Å²) in [4.78, 5) is 12.4. The second-order valence-electron chi connectivity index (χ2n) is 3.39. The molecule has 0 fully saturated rings. The van der Waals surface area contributed by atoms with E-state index in [9.17, 15) is 4.79 Å². The van der Waals surface area contributed by atoms with Crippen LogP contribution < -0.4 is 0 Å². The van der Waals surface area contributed by atoms with E-state index in [0.29, 0.717) is 16.6 Å². The van der Waals surface area contributed by atoms with Crippen molar-refractivity contribution in [2.45, 2.75) is 26.4 Å². The highest BCUT2D eigenvalue weighted by atomic mass is 35.5. The monoisotopic (exact) mass is 249 g/mol.